The number of aromatic nitrogens is 2. The molecule has 2 aromatic rings. The average Bonchev–Trinajstić information content (AvgIpc) is 2.81. The zero-order valence-corrected chi connectivity index (χ0v) is 10.3. The molecular formula is C14H14N2O3. The van der Waals surface area contributed by atoms with Gasteiger partial charge < -0.3 is 15.2 Å². The molecule has 1 heterocycles. The molecule has 0 amide bonds. The molecule has 3 rings (SSSR count). The van der Waals surface area contributed by atoms with Crippen molar-refractivity contribution in [3.8, 4) is 17.1 Å². The first-order valence-electron chi connectivity index (χ1n) is 6.23. The van der Waals surface area contributed by atoms with Gasteiger partial charge in [-0.3, -0.25) is 4.79 Å². The molecule has 1 aromatic heterocycles. The van der Waals surface area contributed by atoms with Crippen molar-refractivity contribution < 1.29 is 15.0 Å². The van der Waals surface area contributed by atoms with Gasteiger partial charge in [-0.05, 0) is 25.0 Å². The van der Waals surface area contributed by atoms with Crippen LogP contribution in [-0.4, -0.2) is 26.2 Å². The first kappa shape index (κ1) is 11.8. The molecule has 5 heteroatoms. The number of phenolic OH excluding ortho intramolecular Hbond substituents is 1. The molecule has 5 nitrogen and oxygen atoms in total. The van der Waals surface area contributed by atoms with Crippen molar-refractivity contribution in [1.29, 1.82) is 0 Å². The summed E-state index contributed by atoms with van der Waals surface area (Å²) < 4.78 is 0. The Morgan fingerprint density at radius 1 is 1.42 bits per heavy atom. The number of carboxylic acids is 1. The van der Waals surface area contributed by atoms with Crippen LogP contribution in [0.1, 0.15) is 17.8 Å². The van der Waals surface area contributed by atoms with Crippen LogP contribution in [0.5, 0.6) is 5.75 Å². The molecule has 0 saturated heterocycles. The molecule has 1 aromatic carbocycles. The summed E-state index contributed by atoms with van der Waals surface area (Å²) in [4.78, 5) is 18.7. The Morgan fingerprint density at radius 2 is 2.26 bits per heavy atom. The molecule has 3 N–H and O–H groups in total. The Labute approximate surface area is 109 Å². The highest BCUT2D eigenvalue weighted by molar-refractivity contribution is 5.71. The third kappa shape index (κ3) is 2.19. The van der Waals surface area contributed by atoms with E-state index in [2.05, 4.69) is 9.97 Å². The monoisotopic (exact) mass is 258 g/mol. The number of aromatic hydroxyl groups is 1. The van der Waals surface area contributed by atoms with Crippen molar-refractivity contribution in [3.63, 3.8) is 0 Å². The number of nitrogens with one attached hydrogen (secondary N) is 1. The summed E-state index contributed by atoms with van der Waals surface area (Å²) in [6.45, 7) is 0. The molecule has 0 aliphatic heterocycles. The molecule has 1 atom stereocenters. The Hall–Kier alpha value is -2.30. The molecule has 1 unspecified atom stereocenters. The number of rotatable bonds is 2. The Balaban J connectivity index is 1.93. The number of hydrogen-bond acceptors (Lipinski definition) is 3. The molecule has 0 bridgehead atoms. The second-order valence-electron chi connectivity index (χ2n) is 4.84. The maximum Gasteiger partial charge on any atom is 0.306 e. The fourth-order valence-corrected chi connectivity index (χ4v) is 2.48. The minimum Gasteiger partial charge on any atom is -0.508 e. The number of carbonyl (C=O) groups is 1. The van der Waals surface area contributed by atoms with Crippen LogP contribution in [0.3, 0.4) is 0 Å². The van der Waals surface area contributed by atoms with Crippen molar-refractivity contribution in [2.45, 2.75) is 19.3 Å². The topological polar surface area (TPSA) is 86.2 Å². The normalized spacial score (nSPS) is 18.0. The number of benzene rings is 1. The van der Waals surface area contributed by atoms with Crippen LogP contribution in [0.25, 0.3) is 11.4 Å². The van der Waals surface area contributed by atoms with E-state index in [9.17, 15) is 9.90 Å². The smallest absolute Gasteiger partial charge is 0.306 e. The zero-order chi connectivity index (χ0) is 13.4. The van der Waals surface area contributed by atoms with Crippen LogP contribution < -0.4 is 0 Å². The van der Waals surface area contributed by atoms with Gasteiger partial charge >= 0.3 is 5.97 Å². The number of H-pyrrole nitrogens is 1. The van der Waals surface area contributed by atoms with Gasteiger partial charge in [-0.25, -0.2) is 4.98 Å². The van der Waals surface area contributed by atoms with E-state index in [1.807, 2.05) is 6.07 Å². The summed E-state index contributed by atoms with van der Waals surface area (Å²) in [5.41, 5.74) is 2.65. The van der Waals surface area contributed by atoms with Gasteiger partial charge in [0.15, 0.2) is 0 Å². The fourth-order valence-electron chi connectivity index (χ4n) is 2.48. The number of phenols is 1. The van der Waals surface area contributed by atoms with E-state index in [4.69, 9.17) is 5.11 Å². The van der Waals surface area contributed by atoms with E-state index in [0.717, 1.165) is 17.0 Å². The van der Waals surface area contributed by atoms with Crippen molar-refractivity contribution in [2.75, 3.05) is 0 Å². The molecule has 0 saturated carbocycles. The number of fused-ring (bicyclic) bond motifs is 1. The number of carboxylic acid groups (broad SMARTS) is 1. The minimum absolute atomic E-state index is 0.190. The average molecular weight is 258 g/mol. The van der Waals surface area contributed by atoms with Gasteiger partial charge in [0.25, 0.3) is 0 Å². The van der Waals surface area contributed by atoms with Gasteiger partial charge in [0.05, 0.1) is 11.6 Å². The fraction of sp³-hybridized carbons (Fsp3) is 0.286. The van der Waals surface area contributed by atoms with E-state index in [1.54, 1.807) is 18.2 Å². The highest BCUT2D eigenvalue weighted by Gasteiger charge is 2.26. The quantitative estimate of drug-likeness (QED) is 0.768. The van der Waals surface area contributed by atoms with E-state index in [0.29, 0.717) is 25.1 Å². The first-order chi connectivity index (χ1) is 9.13. The molecule has 0 fully saturated rings. The second-order valence-corrected chi connectivity index (χ2v) is 4.84. The summed E-state index contributed by atoms with van der Waals surface area (Å²) in [6.07, 6.45) is 1.81. The van der Waals surface area contributed by atoms with Crippen LogP contribution in [0, 0.1) is 5.92 Å². The summed E-state index contributed by atoms with van der Waals surface area (Å²) in [6, 6.07) is 6.86. The lowest BCUT2D eigenvalue weighted by Crippen LogP contribution is -2.22. The number of aromatic amines is 1. The Kier molecular flexibility index (Phi) is 2.74. The maximum absolute atomic E-state index is 11.0. The van der Waals surface area contributed by atoms with E-state index in [1.165, 1.54) is 0 Å². The number of aryl methyl sites for hydroxylation is 1. The number of imidazole rings is 1. The van der Waals surface area contributed by atoms with Gasteiger partial charge in [0.1, 0.15) is 11.6 Å². The standard InChI is InChI=1S/C14H14N2O3/c17-10-3-1-2-8(6-10)13-15-11-5-4-9(14(18)19)7-12(11)16-13/h1-3,6,9,17H,4-5,7H2,(H,15,16)(H,18,19). The van der Waals surface area contributed by atoms with Gasteiger partial charge in [-0.15, -0.1) is 0 Å². The zero-order valence-electron chi connectivity index (χ0n) is 10.3. The third-order valence-corrected chi connectivity index (χ3v) is 3.51. The van der Waals surface area contributed by atoms with Gasteiger partial charge in [0, 0.05) is 17.7 Å². The van der Waals surface area contributed by atoms with Crippen molar-refractivity contribution >= 4 is 5.97 Å². The van der Waals surface area contributed by atoms with Crippen LogP contribution >= 0.6 is 0 Å². The van der Waals surface area contributed by atoms with E-state index < -0.39 is 5.97 Å². The van der Waals surface area contributed by atoms with Crippen LogP contribution in [0.15, 0.2) is 24.3 Å². The summed E-state index contributed by atoms with van der Waals surface area (Å²) in [5, 5.41) is 18.5. The number of aliphatic carboxylic acids is 1. The SMILES string of the molecule is O=C(O)C1CCc2nc(-c3cccc(O)c3)[nH]c2C1. The van der Waals surface area contributed by atoms with Gasteiger partial charge in [-0.1, -0.05) is 12.1 Å². The third-order valence-electron chi connectivity index (χ3n) is 3.51. The highest BCUT2D eigenvalue weighted by atomic mass is 16.4. The van der Waals surface area contributed by atoms with Gasteiger partial charge in [-0.2, -0.15) is 0 Å². The first-order valence-corrected chi connectivity index (χ1v) is 6.23. The van der Waals surface area contributed by atoms with E-state index >= 15 is 0 Å². The molecule has 98 valence electrons. The van der Waals surface area contributed by atoms with Crippen molar-refractivity contribution in [1.82, 2.24) is 9.97 Å². The van der Waals surface area contributed by atoms with Crippen molar-refractivity contribution in [2.24, 2.45) is 5.92 Å². The lowest BCUT2D eigenvalue weighted by Gasteiger charge is -2.16. The number of nitrogens with zero attached hydrogens (tertiary/aromatic N) is 1. The van der Waals surface area contributed by atoms with Gasteiger partial charge in [0.2, 0.25) is 0 Å². The largest absolute Gasteiger partial charge is 0.508 e. The predicted molar refractivity (Wildman–Crippen MR) is 68.8 cm³/mol. The maximum atomic E-state index is 11.0. The Bertz CT molecular complexity index is 633. The molecule has 1 aliphatic carbocycles. The molecular weight excluding hydrogens is 244 g/mol. The van der Waals surface area contributed by atoms with Crippen LogP contribution in [0.2, 0.25) is 0 Å². The molecule has 0 radical (unpaired) electrons. The number of hydrogen-bond donors (Lipinski definition) is 3. The van der Waals surface area contributed by atoms with Crippen molar-refractivity contribution in [3.05, 3.63) is 35.7 Å². The highest BCUT2D eigenvalue weighted by Crippen LogP contribution is 2.28. The summed E-state index contributed by atoms with van der Waals surface area (Å²) in [7, 11) is 0. The lowest BCUT2D eigenvalue weighted by molar-refractivity contribution is -0.142. The Morgan fingerprint density at radius 3 is 3.00 bits per heavy atom. The second kappa shape index (κ2) is 4.42. The summed E-state index contributed by atoms with van der Waals surface area (Å²) >= 11 is 0. The predicted octanol–water partition coefficient (Wildman–Crippen LogP) is 1.97. The molecule has 0 spiro atoms. The molecule has 19 heavy (non-hydrogen) atoms. The van der Waals surface area contributed by atoms with Crippen LogP contribution in [-0.2, 0) is 17.6 Å². The molecule has 1 aliphatic rings. The lowest BCUT2D eigenvalue weighted by atomic mass is 9.90. The van der Waals surface area contributed by atoms with Crippen LogP contribution in [0.4, 0.5) is 0 Å². The van der Waals surface area contributed by atoms with E-state index in [-0.39, 0.29) is 11.7 Å². The minimum atomic E-state index is -0.751. The summed E-state index contributed by atoms with van der Waals surface area (Å²) in [5.74, 6) is -0.202.